The van der Waals surface area contributed by atoms with E-state index < -0.39 is 5.60 Å². The minimum Gasteiger partial charge on any atom is -0.444 e. The van der Waals surface area contributed by atoms with Crippen molar-refractivity contribution in [2.45, 2.75) is 33.3 Å². The van der Waals surface area contributed by atoms with E-state index in [1.165, 1.54) is 5.39 Å². The second kappa shape index (κ2) is 8.10. The van der Waals surface area contributed by atoms with Gasteiger partial charge in [0.05, 0.1) is 5.52 Å². The van der Waals surface area contributed by atoms with Crippen molar-refractivity contribution >= 4 is 22.9 Å². The van der Waals surface area contributed by atoms with E-state index in [-0.39, 0.29) is 12.0 Å². The normalized spacial score (nSPS) is 14.7. The molecular weight excluding hydrogens is 390 g/mol. The van der Waals surface area contributed by atoms with E-state index in [2.05, 4.69) is 29.7 Å². The van der Waals surface area contributed by atoms with Crippen molar-refractivity contribution in [2.24, 2.45) is 0 Å². The highest BCUT2D eigenvalue weighted by molar-refractivity contribution is 5.94. The van der Waals surface area contributed by atoms with Crippen molar-refractivity contribution in [1.29, 1.82) is 0 Å². The summed E-state index contributed by atoms with van der Waals surface area (Å²) in [6.07, 6.45) is -0.321. The fourth-order valence-electron chi connectivity index (χ4n) is 3.99. The van der Waals surface area contributed by atoms with Gasteiger partial charge < -0.3 is 19.1 Å². The quantitative estimate of drug-likeness (QED) is 0.608. The minimum absolute atomic E-state index is 0.00975. The highest BCUT2D eigenvalue weighted by Crippen LogP contribution is 2.24. The first-order valence-electron chi connectivity index (χ1n) is 10.7. The summed E-state index contributed by atoms with van der Waals surface area (Å²) in [7, 11) is 0. The first-order valence-corrected chi connectivity index (χ1v) is 10.7. The van der Waals surface area contributed by atoms with Gasteiger partial charge >= 0.3 is 6.09 Å². The molecule has 0 bridgehead atoms. The summed E-state index contributed by atoms with van der Waals surface area (Å²) >= 11 is 0. The Morgan fingerprint density at radius 1 is 0.871 bits per heavy atom. The van der Waals surface area contributed by atoms with Gasteiger partial charge in [-0.1, -0.05) is 18.2 Å². The number of ether oxygens (including phenoxy) is 1. The summed E-state index contributed by atoms with van der Waals surface area (Å²) in [4.78, 5) is 28.7. The lowest BCUT2D eigenvalue weighted by Gasteiger charge is -2.35. The molecule has 0 N–H and O–H groups in total. The van der Waals surface area contributed by atoms with Crippen molar-refractivity contribution in [3.63, 3.8) is 0 Å². The van der Waals surface area contributed by atoms with Gasteiger partial charge in [-0.25, -0.2) is 4.79 Å². The van der Waals surface area contributed by atoms with Crippen molar-refractivity contribution in [2.75, 3.05) is 26.2 Å². The largest absolute Gasteiger partial charge is 0.444 e. The summed E-state index contributed by atoms with van der Waals surface area (Å²) in [5, 5.41) is 1.20. The molecule has 6 nitrogen and oxygen atoms in total. The Labute approximate surface area is 183 Å². The Morgan fingerprint density at radius 2 is 1.48 bits per heavy atom. The zero-order valence-corrected chi connectivity index (χ0v) is 18.6. The Morgan fingerprint density at radius 3 is 2.13 bits per heavy atom. The number of carbonyl (C=O) groups is 2. The van der Waals surface area contributed by atoms with E-state index in [9.17, 15) is 9.59 Å². The maximum absolute atomic E-state index is 13.0. The molecule has 162 valence electrons. The molecule has 0 radical (unpaired) electrons. The van der Waals surface area contributed by atoms with Gasteiger partial charge in [0.25, 0.3) is 5.91 Å². The molecule has 1 aliphatic rings. The van der Waals surface area contributed by atoms with E-state index in [1.54, 1.807) is 9.80 Å². The number of rotatable bonds is 2. The fourth-order valence-corrected chi connectivity index (χ4v) is 3.99. The summed E-state index contributed by atoms with van der Waals surface area (Å²) in [6, 6.07) is 18.2. The van der Waals surface area contributed by atoms with Gasteiger partial charge in [0.15, 0.2) is 0 Å². The predicted octanol–water partition coefficient (Wildman–Crippen LogP) is 4.63. The highest BCUT2D eigenvalue weighted by Gasteiger charge is 2.28. The van der Waals surface area contributed by atoms with Gasteiger partial charge in [-0.05, 0) is 64.1 Å². The molecule has 0 spiro atoms. The monoisotopic (exact) mass is 419 g/mol. The number of hydrogen-bond donors (Lipinski definition) is 0. The molecule has 0 unspecified atom stereocenters. The fraction of sp³-hybridized carbons (Fsp3) is 0.360. The molecular formula is C25H29N3O3. The first-order chi connectivity index (χ1) is 14.7. The number of para-hydroxylation sites is 1. The number of piperazine rings is 1. The maximum Gasteiger partial charge on any atom is 0.410 e. The number of amides is 2. The number of aromatic nitrogens is 1. The third kappa shape index (κ3) is 4.43. The predicted molar refractivity (Wildman–Crippen MR) is 122 cm³/mol. The Bertz CT molecular complexity index is 1100. The van der Waals surface area contributed by atoms with Crippen LogP contribution in [-0.2, 0) is 4.74 Å². The molecule has 1 aliphatic heterocycles. The lowest BCUT2D eigenvalue weighted by Crippen LogP contribution is -2.51. The number of carbonyl (C=O) groups excluding carboxylic acids is 2. The van der Waals surface area contributed by atoms with E-state index in [0.29, 0.717) is 31.7 Å². The van der Waals surface area contributed by atoms with Gasteiger partial charge in [0, 0.05) is 48.5 Å². The summed E-state index contributed by atoms with van der Waals surface area (Å²) < 4.78 is 7.63. The number of nitrogens with zero attached hydrogens (tertiary/aromatic N) is 3. The Hall–Kier alpha value is -3.28. The van der Waals surface area contributed by atoms with Crippen LogP contribution in [0.2, 0.25) is 0 Å². The molecule has 6 heteroatoms. The van der Waals surface area contributed by atoms with Crippen LogP contribution < -0.4 is 0 Å². The average Bonchev–Trinajstić information content (AvgIpc) is 3.08. The molecule has 0 atom stereocenters. The van der Waals surface area contributed by atoms with E-state index in [4.69, 9.17) is 4.74 Å². The number of benzene rings is 2. The summed E-state index contributed by atoms with van der Waals surface area (Å²) in [5.74, 6) is -0.00975. The molecule has 2 aromatic carbocycles. The lowest BCUT2D eigenvalue weighted by atomic mass is 10.1. The Kier molecular flexibility index (Phi) is 5.48. The molecule has 3 aromatic rings. The van der Waals surface area contributed by atoms with Gasteiger partial charge in [-0.2, -0.15) is 0 Å². The van der Waals surface area contributed by atoms with Gasteiger partial charge in [0.1, 0.15) is 5.60 Å². The molecule has 1 saturated heterocycles. The smallest absolute Gasteiger partial charge is 0.410 e. The van der Waals surface area contributed by atoms with Crippen LogP contribution in [0.4, 0.5) is 4.79 Å². The first kappa shape index (κ1) is 21.0. The average molecular weight is 420 g/mol. The SMILES string of the molecule is Cc1cc2ccccc2n1-c1ccc(C(=O)N2CCN(C(=O)OC(C)(C)C)CC2)cc1. The van der Waals surface area contributed by atoms with Crippen LogP contribution >= 0.6 is 0 Å². The molecule has 0 saturated carbocycles. The van der Waals surface area contributed by atoms with E-state index >= 15 is 0 Å². The van der Waals surface area contributed by atoms with Crippen LogP contribution in [0.3, 0.4) is 0 Å². The van der Waals surface area contributed by atoms with Crippen LogP contribution in [0, 0.1) is 6.92 Å². The zero-order chi connectivity index (χ0) is 22.2. The van der Waals surface area contributed by atoms with Crippen molar-refractivity contribution < 1.29 is 14.3 Å². The number of hydrogen-bond acceptors (Lipinski definition) is 3. The molecule has 0 aliphatic carbocycles. The van der Waals surface area contributed by atoms with Gasteiger partial charge in [0.2, 0.25) is 0 Å². The number of fused-ring (bicyclic) bond motifs is 1. The summed E-state index contributed by atoms with van der Waals surface area (Å²) in [5.41, 5.74) is 3.47. The van der Waals surface area contributed by atoms with Crippen molar-refractivity contribution in [1.82, 2.24) is 14.4 Å². The second-order valence-electron chi connectivity index (χ2n) is 8.99. The molecule has 31 heavy (non-hydrogen) atoms. The van der Waals surface area contributed by atoms with E-state index in [1.807, 2.05) is 57.2 Å². The molecule has 2 heterocycles. The van der Waals surface area contributed by atoms with Gasteiger partial charge in [-0.15, -0.1) is 0 Å². The van der Waals surface area contributed by atoms with E-state index in [0.717, 1.165) is 16.9 Å². The van der Waals surface area contributed by atoms with Crippen LogP contribution in [0.1, 0.15) is 36.8 Å². The molecule has 1 fully saturated rings. The van der Waals surface area contributed by atoms with Crippen LogP contribution in [0.25, 0.3) is 16.6 Å². The maximum atomic E-state index is 13.0. The standard InChI is InChI=1S/C25H29N3O3/c1-18-17-20-7-5-6-8-22(20)28(18)21-11-9-19(10-12-21)23(29)26-13-15-27(16-14-26)24(30)31-25(2,3)4/h5-12,17H,13-16H2,1-4H3. The minimum atomic E-state index is -0.519. The lowest BCUT2D eigenvalue weighted by molar-refractivity contribution is 0.0141. The molecule has 2 amide bonds. The third-order valence-electron chi connectivity index (χ3n) is 5.49. The van der Waals surface area contributed by atoms with Crippen molar-refractivity contribution in [3.8, 4) is 5.69 Å². The van der Waals surface area contributed by atoms with Crippen molar-refractivity contribution in [3.05, 3.63) is 65.9 Å². The highest BCUT2D eigenvalue weighted by atomic mass is 16.6. The Balaban J connectivity index is 1.44. The van der Waals surface area contributed by atoms with Crippen LogP contribution in [0.15, 0.2) is 54.6 Å². The second-order valence-corrected chi connectivity index (χ2v) is 8.99. The van der Waals surface area contributed by atoms with Crippen LogP contribution in [0.5, 0.6) is 0 Å². The van der Waals surface area contributed by atoms with Gasteiger partial charge in [-0.3, -0.25) is 4.79 Å². The third-order valence-corrected chi connectivity index (χ3v) is 5.49. The topological polar surface area (TPSA) is 54.8 Å². The molecule has 4 rings (SSSR count). The molecule has 1 aromatic heterocycles. The van der Waals surface area contributed by atoms with Crippen LogP contribution in [-0.4, -0.2) is 58.1 Å². The summed E-state index contributed by atoms with van der Waals surface area (Å²) in [6.45, 7) is 9.61. The number of aryl methyl sites for hydroxylation is 1. The zero-order valence-electron chi connectivity index (χ0n) is 18.6.